The molecule has 0 unspecified atom stereocenters. The lowest BCUT2D eigenvalue weighted by molar-refractivity contribution is 0.753. The highest BCUT2D eigenvalue weighted by atomic mass is 15.3. The van der Waals surface area contributed by atoms with Gasteiger partial charge in [0.25, 0.3) is 0 Å². The van der Waals surface area contributed by atoms with Crippen molar-refractivity contribution < 1.29 is 0 Å². The SMILES string of the molecule is [CH]1[CH][CH][C](n2cccn2)[CH]1. The second-order valence-electron chi connectivity index (χ2n) is 2.09. The van der Waals surface area contributed by atoms with Crippen LogP contribution < -0.4 is 0 Å². The van der Waals surface area contributed by atoms with Gasteiger partial charge in [0.15, 0.2) is 0 Å². The van der Waals surface area contributed by atoms with Crippen LogP contribution in [0, 0.1) is 31.7 Å². The van der Waals surface area contributed by atoms with Gasteiger partial charge in [-0.05, 0) is 31.7 Å². The van der Waals surface area contributed by atoms with Gasteiger partial charge in [0.2, 0.25) is 0 Å². The average Bonchev–Trinajstić information content (AvgIpc) is 2.59. The first-order valence-electron chi connectivity index (χ1n) is 3.18. The van der Waals surface area contributed by atoms with E-state index in [1.54, 1.807) is 6.20 Å². The van der Waals surface area contributed by atoms with Crippen molar-refractivity contribution in [1.29, 1.82) is 0 Å². The summed E-state index contributed by atoms with van der Waals surface area (Å²) in [5.74, 6) is 0. The Bertz CT molecular complexity index is 185. The first-order valence-corrected chi connectivity index (χ1v) is 3.18. The van der Waals surface area contributed by atoms with Crippen LogP contribution in [-0.4, -0.2) is 9.78 Å². The van der Waals surface area contributed by atoms with Gasteiger partial charge in [-0.2, -0.15) is 5.10 Å². The van der Waals surface area contributed by atoms with E-state index in [4.69, 9.17) is 0 Å². The Kier molecular flexibility index (Phi) is 1.46. The minimum atomic E-state index is 1.12. The lowest BCUT2D eigenvalue weighted by Gasteiger charge is -2.05. The van der Waals surface area contributed by atoms with E-state index >= 15 is 0 Å². The van der Waals surface area contributed by atoms with Crippen LogP contribution in [0.1, 0.15) is 0 Å². The molecule has 0 aliphatic heterocycles. The van der Waals surface area contributed by atoms with Gasteiger partial charge < -0.3 is 0 Å². The molecule has 2 heteroatoms. The van der Waals surface area contributed by atoms with Crippen molar-refractivity contribution >= 4 is 0 Å². The highest BCUT2D eigenvalue weighted by molar-refractivity contribution is 5.34. The number of aromatic nitrogens is 2. The molecule has 0 aromatic carbocycles. The van der Waals surface area contributed by atoms with Crippen molar-refractivity contribution in [3.05, 3.63) is 50.2 Å². The molecule has 1 aliphatic rings. The zero-order chi connectivity index (χ0) is 6.81. The van der Waals surface area contributed by atoms with Crippen LogP contribution in [0.25, 0.3) is 0 Å². The van der Waals surface area contributed by atoms with E-state index in [2.05, 4.69) is 5.10 Å². The van der Waals surface area contributed by atoms with Crippen molar-refractivity contribution in [2.24, 2.45) is 0 Å². The topological polar surface area (TPSA) is 17.8 Å². The largest absolute Gasteiger partial charge is 0.264 e. The van der Waals surface area contributed by atoms with Crippen molar-refractivity contribution in [2.75, 3.05) is 0 Å². The summed E-state index contributed by atoms with van der Waals surface area (Å²) >= 11 is 0. The van der Waals surface area contributed by atoms with E-state index in [9.17, 15) is 0 Å². The molecule has 0 bridgehead atoms. The number of rotatable bonds is 1. The van der Waals surface area contributed by atoms with Crippen LogP contribution in [0.4, 0.5) is 0 Å². The van der Waals surface area contributed by atoms with E-state index in [-0.39, 0.29) is 0 Å². The fourth-order valence-corrected chi connectivity index (χ4v) is 0.938. The Morgan fingerprint density at radius 3 is 2.60 bits per heavy atom. The Morgan fingerprint density at radius 1 is 1.20 bits per heavy atom. The summed E-state index contributed by atoms with van der Waals surface area (Å²) in [6.07, 6.45) is 11.7. The molecule has 5 radical (unpaired) electrons. The van der Waals surface area contributed by atoms with E-state index in [0.717, 1.165) is 6.04 Å². The Hall–Kier alpha value is -0.790. The molecule has 10 heavy (non-hydrogen) atoms. The standard InChI is InChI=1S/C8H7N2/c1-2-5-8(4-1)10-7-3-6-9-10/h1-7H. The van der Waals surface area contributed by atoms with Gasteiger partial charge in [-0.25, -0.2) is 0 Å². The summed E-state index contributed by atoms with van der Waals surface area (Å²) in [5.41, 5.74) is 0. The third-order valence-electron chi connectivity index (χ3n) is 1.41. The molecule has 0 atom stereocenters. The van der Waals surface area contributed by atoms with Crippen molar-refractivity contribution in [2.45, 2.75) is 0 Å². The van der Waals surface area contributed by atoms with Crippen LogP contribution in [0.2, 0.25) is 0 Å². The Labute approximate surface area is 60.9 Å². The molecule has 2 rings (SSSR count). The van der Waals surface area contributed by atoms with Crippen molar-refractivity contribution in [3.63, 3.8) is 0 Å². The maximum Gasteiger partial charge on any atom is 0.0953 e. The van der Waals surface area contributed by atoms with Gasteiger partial charge in [-0.1, -0.05) is 0 Å². The molecule has 49 valence electrons. The zero-order valence-corrected chi connectivity index (χ0v) is 5.44. The fraction of sp³-hybridized carbons (Fsp3) is 0. The summed E-state index contributed by atoms with van der Waals surface area (Å²) in [4.78, 5) is 0. The summed E-state index contributed by atoms with van der Waals surface area (Å²) in [5, 5.41) is 4.08. The van der Waals surface area contributed by atoms with Crippen molar-refractivity contribution in [1.82, 2.24) is 9.78 Å². The molecule has 0 saturated heterocycles. The summed E-state index contributed by atoms with van der Waals surface area (Å²) in [6, 6.07) is 3.03. The predicted octanol–water partition coefficient (Wildman–Crippen LogP) is 1.09. The smallest absolute Gasteiger partial charge is 0.0953 e. The van der Waals surface area contributed by atoms with E-state index < -0.39 is 0 Å². The molecular weight excluding hydrogens is 124 g/mol. The van der Waals surface area contributed by atoms with Crippen LogP contribution in [0.5, 0.6) is 0 Å². The fourth-order valence-electron chi connectivity index (χ4n) is 0.938. The van der Waals surface area contributed by atoms with Gasteiger partial charge in [0.1, 0.15) is 0 Å². The Morgan fingerprint density at radius 2 is 2.00 bits per heavy atom. The van der Waals surface area contributed by atoms with Gasteiger partial charge in [0, 0.05) is 12.4 Å². The second-order valence-corrected chi connectivity index (χ2v) is 2.09. The minimum absolute atomic E-state index is 1.12. The molecular formula is C8H7N2. The van der Waals surface area contributed by atoms with Crippen molar-refractivity contribution in [3.8, 4) is 0 Å². The highest BCUT2D eigenvalue weighted by Crippen LogP contribution is 2.23. The van der Waals surface area contributed by atoms with Gasteiger partial charge in [-0.3, -0.25) is 4.68 Å². The quantitative estimate of drug-likeness (QED) is 0.558. The Balaban J connectivity index is 2.12. The monoisotopic (exact) mass is 131 g/mol. The summed E-state index contributed by atoms with van der Waals surface area (Å²) < 4.78 is 1.83. The molecule has 0 spiro atoms. The normalized spacial score (nSPS) is 20.0. The lowest BCUT2D eigenvalue weighted by Crippen LogP contribution is -2.06. The maximum atomic E-state index is 4.08. The van der Waals surface area contributed by atoms with Crippen LogP contribution in [-0.2, 0) is 0 Å². The first-order chi connectivity index (χ1) is 4.97. The second kappa shape index (κ2) is 2.45. The molecule has 1 heterocycles. The molecule has 0 amide bonds. The lowest BCUT2D eigenvalue weighted by atomic mass is 10.3. The van der Waals surface area contributed by atoms with E-state index in [1.807, 2.05) is 42.6 Å². The highest BCUT2D eigenvalue weighted by Gasteiger charge is 2.18. The third-order valence-corrected chi connectivity index (χ3v) is 1.41. The van der Waals surface area contributed by atoms with E-state index in [1.165, 1.54) is 0 Å². The molecule has 0 N–H and O–H groups in total. The number of nitrogens with zero attached hydrogens (tertiary/aromatic N) is 2. The summed E-state index contributed by atoms with van der Waals surface area (Å²) in [7, 11) is 0. The average molecular weight is 131 g/mol. The summed E-state index contributed by atoms with van der Waals surface area (Å²) in [6.45, 7) is 0. The predicted molar refractivity (Wildman–Crippen MR) is 38.1 cm³/mol. The van der Waals surface area contributed by atoms with Crippen LogP contribution in [0.15, 0.2) is 18.5 Å². The minimum Gasteiger partial charge on any atom is -0.264 e. The molecule has 1 aromatic rings. The van der Waals surface area contributed by atoms with E-state index in [0.29, 0.717) is 0 Å². The molecule has 1 fully saturated rings. The zero-order valence-electron chi connectivity index (χ0n) is 5.44. The van der Waals surface area contributed by atoms with Gasteiger partial charge in [-0.15, -0.1) is 0 Å². The maximum absolute atomic E-state index is 4.08. The molecule has 1 aromatic heterocycles. The van der Waals surface area contributed by atoms with Gasteiger partial charge >= 0.3 is 0 Å². The molecule has 1 saturated carbocycles. The van der Waals surface area contributed by atoms with Gasteiger partial charge in [0.05, 0.1) is 6.04 Å². The first kappa shape index (κ1) is 5.96. The molecule has 1 aliphatic carbocycles. The van der Waals surface area contributed by atoms with Crippen LogP contribution >= 0.6 is 0 Å². The van der Waals surface area contributed by atoms with Crippen LogP contribution in [0.3, 0.4) is 0 Å². The number of hydrogen-bond acceptors (Lipinski definition) is 1. The third kappa shape index (κ3) is 0.939. The molecule has 2 nitrogen and oxygen atoms in total. The number of hydrogen-bond donors (Lipinski definition) is 0.